The normalized spacial score (nSPS) is 12.1. The second-order valence-electron chi connectivity index (χ2n) is 8.42. The Labute approximate surface area is 204 Å². The first-order valence-electron chi connectivity index (χ1n) is 11.8. The van der Waals surface area contributed by atoms with Crippen molar-refractivity contribution in [3.63, 3.8) is 0 Å². The molecule has 1 atom stereocenters. The highest BCUT2D eigenvalue weighted by Crippen LogP contribution is 2.20. The second-order valence-corrected chi connectivity index (χ2v) is 10.3. The number of anilines is 1. The molecular formula is C26H37N3O4S. The van der Waals surface area contributed by atoms with Gasteiger partial charge in [0.25, 0.3) is 0 Å². The number of benzene rings is 2. The molecule has 186 valence electrons. The average molecular weight is 488 g/mol. The van der Waals surface area contributed by atoms with Crippen molar-refractivity contribution in [1.29, 1.82) is 0 Å². The molecule has 0 saturated heterocycles. The van der Waals surface area contributed by atoms with Gasteiger partial charge in [0.2, 0.25) is 21.8 Å². The minimum Gasteiger partial charge on any atom is -0.355 e. The maximum Gasteiger partial charge on any atom is 0.242 e. The number of rotatable bonds is 13. The summed E-state index contributed by atoms with van der Waals surface area (Å²) < 4.78 is 26.1. The average Bonchev–Trinajstić information content (AvgIpc) is 2.79. The Morgan fingerprint density at radius 1 is 1.00 bits per heavy atom. The van der Waals surface area contributed by atoms with Crippen LogP contribution in [0, 0.1) is 6.92 Å². The summed E-state index contributed by atoms with van der Waals surface area (Å²) in [5.41, 5.74) is 2.64. The first-order chi connectivity index (χ1) is 16.2. The van der Waals surface area contributed by atoms with E-state index in [2.05, 4.69) is 5.32 Å². The molecule has 2 aromatic rings. The Kier molecular flexibility index (Phi) is 10.6. The van der Waals surface area contributed by atoms with Crippen molar-refractivity contribution in [2.75, 3.05) is 30.2 Å². The summed E-state index contributed by atoms with van der Waals surface area (Å²) in [6.45, 7) is 6.77. The molecule has 0 fully saturated rings. The molecule has 2 amide bonds. The number of hydrogen-bond acceptors (Lipinski definition) is 4. The number of hydrogen-bond donors (Lipinski definition) is 1. The van der Waals surface area contributed by atoms with Crippen molar-refractivity contribution in [3.8, 4) is 0 Å². The quantitative estimate of drug-likeness (QED) is 0.468. The van der Waals surface area contributed by atoms with Gasteiger partial charge in [0.15, 0.2) is 0 Å². The van der Waals surface area contributed by atoms with Gasteiger partial charge in [-0.1, -0.05) is 49.4 Å². The first kappa shape index (κ1) is 27.4. The lowest BCUT2D eigenvalue weighted by molar-refractivity contribution is -0.140. The van der Waals surface area contributed by atoms with Crippen molar-refractivity contribution >= 4 is 27.5 Å². The number of aryl methyl sites for hydroxylation is 1. The van der Waals surface area contributed by atoms with Crippen molar-refractivity contribution in [1.82, 2.24) is 10.2 Å². The van der Waals surface area contributed by atoms with Crippen LogP contribution in [0.3, 0.4) is 0 Å². The lowest BCUT2D eigenvalue weighted by Gasteiger charge is -2.31. The van der Waals surface area contributed by atoms with Gasteiger partial charge in [0, 0.05) is 26.1 Å². The Balaban J connectivity index is 2.13. The Morgan fingerprint density at radius 3 is 2.29 bits per heavy atom. The SMILES string of the molecule is CCNC(=O)[C@@H](CC)N(CCc1ccccc1)C(=O)CCCN(c1cccc(C)c1)S(C)(=O)=O. The summed E-state index contributed by atoms with van der Waals surface area (Å²) in [4.78, 5) is 27.6. The third-order valence-electron chi connectivity index (χ3n) is 5.66. The fourth-order valence-electron chi connectivity index (χ4n) is 3.97. The molecule has 7 nitrogen and oxygen atoms in total. The summed E-state index contributed by atoms with van der Waals surface area (Å²) in [6, 6.07) is 16.6. The maximum atomic E-state index is 13.3. The number of nitrogens with zero attached hydrogens (tertiary/aromatic N) is 2. The topological polar surface area (TPSA) is 86.8 Å². The molecule has 1 N–H and O–H groups in total. The maximum absolute atomic E-state index is 13.3. The van der Waals surface area contributed by atoms with Gasteiger partial charge in [-0.15, -0.1) is 0 Å². The standard InChI is InChI=1S/C26H37N3O4S/c1-5-24(26(31)27-6-2)28(19-17-22-13-8-7-9-14-22)25(30)16-11-18-29(34(4,32)33)23-15-10-12-21(3)20-23/h7-10,12-15,20,24H,5-6,11,16-19H2,1-4H3,(H,27,31)/t24-/m1/s1. The summed E-state index contributed by atoms with van der Waals surface area (Å²) in [7, 11) is -3.50. The number of likely N-dealkylation sites (N-methyl/N-ethyl adjacent to an activating group) is 1. The van der Waals surface area contributed by atoms with Crippen LogP contribution in [-0.4, -0.2) is 57.1 Å². The molecule has 2 aromatic carbocycles. The van der Waals surface area contributed by atoms with E-state index in [1.807, 2.05) is 69.3 Å². The minimum atomic E-state index is -3.50. The lowest BCUT2D eigenvalue weighted by atomic mass is 10.1. The third kappa shape index (κ3) is 8.17. The van der Waals surface area contributed by atoms with E-state index in [0.717, 1.165) is 11.1 Å². The highest BCUT2D eigenvalue weighted by molar-refractivity contribution is 7.92. The van der Waals surface area contributed by atoms with Crippen LogP contribution in [-0.2, 0) is 26.0 Å². The predicted octanol–water partition coefficient (Wildman–Crippen LogP) is 3.53. The van der Waals surface area contributed by atoms with Gasteiger partial charge in [-0.05, 0) is 56.4 Å². The van der Waals surface area contributed by atoms with E-state index in [9.17, 15) is 18.0 Å². The molecule has 0 spiro atoms. The molecular weight excluding hydrogens is 450 g/mol. The Morgan fingerprint density at radius 2 is 1.71 bits per heavy atom. The fraction of sp³-hybridized carbons (Fsp3) is 0.462. The smallest absolute Gasteiger partial charge is 0.242 e. The van der Waals surface area contributed by atoms with Gasteiger partial charge in [0.05, 0.1) is 11.9 Å². The van der Waals surface area contributed by atoms with Gasteiger partial charge in [-0.3, -0.25) is 13.9 Å². The summed E-state index contributed by atoms with van der Waals surface area (Å²) in [5, 5.41) is 2.83. The van der Waals surface area contributed by atoms with Crippen LogP contribution in [0.1, 0.15) is 44.2 Å². The molecule has 0 aliphatic heterocycles. The van der Waals surface area contributed by atoms with Crippen molar-refractivity contribution in [2.45, 2.75) is 52.5 Å². The molecule has 0 radical (unpaired) electrons. The van der Waals surface area contributed by atoms with Gasteiger partial charge in [0.1, 0.15) is 6.04 Å². The number of carbonyl (C=O) groups excluding carboxylic acids is 2. The largest absolute Gasteiger partial charge is 0.355 e. The number of nitrogens with one attached hydrogen (secondary N) is 1. The van der Waals surface area contributed by atoms with Crippen LogP contribution in [0.4, 0.5) is 5.69 Å². The van der Waals surface area contributed by atoms with E-state index in [-0.39, 0.29) is 24.8 Å². The van der Waals surface area contributed by atoms with Crippen molar-refractivity contribution in [3.05, 3.63) is 65.7 Å². The van der Waals surface area contributed by atoms with Crippen LogP contribution in [0.25, 0.3) is 0 Å². The Hall–Kier alpha value is -2.87. The molecule has 0 unspecified atom stereocenters. The molecule has 0 heterocycles. The van der Waals surface area contributed by atoms with E-state index in [1.54, 1.807) is 11.0 Å². The number of carbonyl (C=O) groups is 2. The zero-order chi connectivity index (χ0) is 25.1. The van der Waals surface area contributed by atoms with Crippen LogP contribution < -0.4 is 9.62 Å². The summed E-state index contributed by atoms with van der Waals surface area (Å²) >= 11 is 0. The van der Waals surface area contributed by atoms with Gasteiger partial charge in [-0.2, -0.15) is 0 Å². The van der Waals surface area contributed by atoms with E-state index >= 15 is 0 Å². The molecule has 34 heavy (non-hydrogen) atoms. The van der Waals surface area contributed by atoms with E-state index < -0.39 is 16.1 Å². The van der Waals surface area contributed by atoms with Crippen molar-refractivity contribution < 1.29 is 18.0 Å². The van der Waals surface area contributed by atoms with E-state index in [0.29, 0.717) is 38.0 Å². The van der Waals surface area contributed by atoms with Gasteiger partial charge in [-0.25, -0.2) is 8.42 Å². The van der Waals surface area contributed by atoms with Crippen LogP contribution >= 0.6 is 0 Å². The summed E-state index contributed by atoms with van der Waals surface area (Å²) in [5.74, 6) is -0.310. The molecule has 8 heteroatoms. The molecule has 0 bridgehead atoms. The highest BCUT2D eigenvalue weighted by Gasteiger charge is 2.28. The number of amides is 2. The predicted molar refractivity (Wildman–Crippen MR) is 137 cm³/mol. The number of sulfonamides is 1. The molecule has 2 rings (SSSR count). The first-order valence-corrected chi connectivity index (χ1v) is 13.7. The van der Waals surface area contributed by atoms with Crippen LogP contribution in [0.5, 0.6) is 0 Å². The van der Waals surface area contributed by atoms with Crippen LogP contribution in [0.2, 0.25) is 0 Å². The van der Waals surface area contributed by atoms with Crippen molar-refractivity contribution in [2.24, 2.45) is 0 Å². The fourth-order valence-corrected chi connectivity index (χ4v) is 4.93. The molecule has 0 aromatic heterocycles. The highest BCUT2D eigenvalue weighted by atomic mass is 32.2. The second kappa shape index (κ2) is 13.1. The monoisotopic (exact) mass is 487 g/mol. The Bertz CT molecular complexity index is 1040. The van der Waals surface area contributed by atoms with E-state index in [1.165, 1.54) is 10.6 Å². The molecule has 0 aliphatic carbocycles. The van der Waals surface area contributed by atoms with Crippen LogP contribution in [0.15, 0.2) is 54.6 Å². The summed E-state index contributed by atoms with van der Waals surface area (Å²) in [6.07, 6.45) is 2.83. The zero-order valence-electron chi connectivity index (χ0n) is 20.7. The third-order valence-corrected chi connectivity index (χ3v) is 6.86. The molecule has 0 saturated carbocycles. The minimum absolute atomic E-state index is 0.147. The van der Waals surface area contributed by atoms with Gasteiger partial charge < -0.3 is 10.2 Å². The zero-order valence-corrected chi connectivity index (χ0v) is 21.5. The molecule has 0 aliphatic rings. The van der Waals surface area contributed by atoms with E-state index in [4.69, 9.17) is 0 Å². The lowest BCUT2D eigenvalue weighted by Crippen LogP contribution is -2.50. The van der Waals surface area contributed by atoms with Gasteiger partial charge >= 0.3 is 0 Å².